The number of aliphatic hydroxyl groups is 1. The van der Waals surface area contributed by atoms with E-state index in [1.807, 2.05) is 26.0 Å². The van der Waals surface area contributed by atoms with Crippen LogP contribution >= 0.6 is 0 Å². The maximum absolute atomic E-state index is 8.97. The summed E-state index contributed by atoms with van der Waals surface area (Å²) in [7, 11) is 1.64. The predicted octanol–water partition coefficient (Wildman–Crippen LogP) is 1.80. The molecule has 1 aromatic carbocycles. The standard InChI is InChI=1S/C10H14O2/c1-7-4-8(2)10(12-3)5-9(7)6-11/h4-5,11H,6H2,1-3H3. The van der Waals surface area contributed by atoms with E-state index >= 15 is 0 Å². The Hall–Kier alpha value is -1.02. The first-order valence-corrected chi connectivity index (χ1v) is 3.94. The normalized spacial score (nSPS) is 10.0. The average Bonchev–Trinajstić information content (AvgIpc) is 2.05. The van der Waals surface area contributed by atoms with Crippen LogP contribution in [0.5, 0.6) is 5.75 Å². The Morgan fingerprint density at radius 1 is 1.25 bits per heavy atom. The van der Waals surface area contributed by atoms with Crippen LogP contribution in [-0.2, 0) is 6.61 Å². The van der Waals surface area contributed by atoms with Crippen LogP contribution in [0.3, 0.4) is 0 Å². The highest BCUT2D eigenvalue weighted by Crippen LogP contribution is 2.22. The monoisotopic (exact) mass is 166 g/mol. The number of hydrogen-bond donors (Lipinski definition) is 1. The lowest BCUT2D eigenvalue weighted by Gasteiger charge is -2.08. The van der Waals surface area contributed by atoms with Gasteiger partial charge in [-0.25, -0.2) is 0 Å². The summed E-state index contributed by atoms with van der Waals surface area (Å²) in [6.45, 7) is 4.05. The van der Waals surface area contributed by atoms with Crippen molar-refractivity contribution in [3.8, 4) is 5.75 Å². The van der Waals surface area contributed by atoms with Gasteiger partial charge in [0.2, 0.25) is 0 Å². The highest BCUT2D eigenvalue weighted by atomic mass is 16.5. The Morgan fingerprint density at radius 2 is 1.92 bits per heavy atom. The number of aryl methyl sites for hydroxylation is 2. The molecule has 0 saturated carbocycles. The van der Waals surface area contributed by atoms with Gasteiger partial charge < -0.3 is 9.84 Å². The molecule has 2 nitrogen and oxygen atoms in total. The molecule has 0 aliphatic rings. The molecular weight excluding hydrogens is 152 g/mol. The minimum Gasteiger partial charge on any atom is -0.496 e. The third-order valence-electron chi connectivity index (χ3n) is 2.02. The molecule has 0 aliphatic carbocycles. The molecule has 0 saturated heterocycles. The Labute approximate surface area is 72.8 Å². The summed E-state index contributed by atoms with van der Waals surface area (Å²) in [6.07, 6.45) is 0. The van der Waals surface area contributed by atoms with Crippen LogP contribution in [0.15, 0.2) is 12.1 Å². The van der Waals surface area contributed by atoms with Crippen molar-refractivity contribution in [2.45, 2.75) is 20.5 Å². The molecule has 0 atom stereocenters. The lowest BCUT2D eigenvalue weighted by atomic mass is 10.1. The van der Waals surface area contributed by atoms with E-state index in [1.165, 1.54) is 0 Å². The van der Waals surface area contributed by atoms with Gasteiger partial charge in [-0.05, 0) is 36.6 Å². The van der Waals surface area contributed by atoms with Crippen molar-refractivity contribution >= 4 is 0 Å². The molecule has 66 valence electrons. The second-order valence-electron chi connectivity index (χ2n) is 2.91. The maximum Gasteiger partial charge on any atom is 0.122 e. The van der Waals surface area contributed by atoms with Gasteiger partial charge >= 0.3 is 0 Å². The fraction of sp³-hybridized carbons (Fsp3) is 0.400. The Kier molecular flexibility index (Phi) is 2.71. The molecule has 0 spiro atoms. The Morgan fingerprint density at radius 3 is 2.42 bits per heavy atom. The lowest BCUT2D eigenvalue weighted by Crippen LogP contribution is -1.93. The van der Waals surface area contributed by atoms with Crippen LogP contribution in [0, 0.1) is 13.8 Å². The molecule has 0 fully saturated rings. The first kappa shape index (κ1) is 9.07. The number of benzene rings is 1. The smallest absolute Gasteiger partial charge is 0.122 e. The molecule has 0 unspecified atom stereocenters. The van der Waals surface area contributed by atoms with Gasteiger partial charge in [-0.2, -0.15) is 0 Å². The van der Waals surface area contributed by atoms with Crippen molar-refractivity contribution in [3.05, 3.63) is 28.8 Å². The molecule has 12 heavy (non-hydrogen) atoms. The zero-order valence-corrected chi connectivity index (χ0v) is 7.72. The number of ether oxygens (including phenoxy) is 1. The highest BCUT2D eigenvalue weighted by Gasteiger charge is 2.02. The average molecular weight is 166 g/mol. The first-order chi connectivity index (χ1) is 5.69. The molecule has 0 aromatic heterocycles. The van der Waals surface area contributed by atoms with Gasteiger partial charge in [-0.1, -0.05) is 6.07 Å². The second-order valence-corrected chi connectivity index (χ2v) is 2.91. The highest BCUT2D eigenvalue weighted by molar-refractivity contribution is 5.41. The lowest BCUT2D eigenvalue weighted by molar-refractivity contribution is 0.280. The SMILES string of the molecule is COc1cc(CO)c(C)cc1C. The van der Waals surface area contributed by atoms with E-state index < -0.39 is 0 Å². The van der Waals surface area contributed by atoms with Crippen molar-refractivity contribution in [3.63, 3.8) is 0 Å². The van der Waals surface area contributed by atoms with Crippen molar-refractivity contribution in [1.29, 1.82) is 0 Å². The Bertz CT molecular complexity index is 254. The molecule has 0 bridgehead atoms. The van der Waals surface area contributed by atoms with Gasteiger partial charge in [0.05, 0.1) is 13.7 Å². The van der Waals surface area contributed by atoms with E-state index in [9.17, 15) is 0 Å². The summed E-state index contributed by atoms with van der Waals surface area (Å²) in [4.78, 5) is 0. The molecule has 0 aliphatic heterocycles. The van der Waals surface area contributed by atoms with Crippen LogP contribution in [-0.4, -0.2) is 12.2 Å². The van der Waals surface area contributed by atoms with E-state index in [2.05, 4.69) is 0 Å². The largest absolute Gasteiger partial charge is 0.496 e. The molecule has 1 N–H and O–H groups in total. The topological polar surface area (TPSA) is 29.5 Å². The summed E-state index contributed by atoms with van der Waals surface area (Å²) in [5, 5.41) is 8.97. The van der Waals surface area contributed by atoms with Gasteiger partial charge in [-0.15, -0.1) is 0 Å². The second kappa shape index (κ2) is 3.59. The van der Waals surface area contributed by atoms with Gasteiger partial charge in [0.15, 0.2) is 0 Å². The number of methoxy groups -OCH3 is 1. The van der Waals surface area contributed by atoms with Crippen molar-refractivity contribution in [2.75, 3.05) is 7.11 Å². The molecular formula is C10H14O2. The molecule has 1 rings (SSSR count). The van der Waals surface area contributed by atoms with Gasteiger partial charge in [-0.3, -0.25) is 0 Å². The zero-order chi connectivity index (χ0) is 9.14. The molecule has 0 radical (unpaired) electrons. The molecule has 2 heteroatoms. The summed E-state index contributed by atoms with van der Waals surface area (Å²) < 4.78 is 5.13. The molecule has 0 heterocycles. The van der Waals surface area contributed by atoms with Crippen LogP contribution in [0.2, 0.25) is 0 Å². The summed E-state index contributed by atoms with van der Waals surface area (Å²) >= 11 is 0. The first-order valence-electron chi connectivity index (χ1n) is 3.94. The van der Waals surface area contributed by atoms with E-state index in [0.29, 0.717) is 0 Å². The van der Waals surface area contributed by atoms with Crippen LogP contribution in [0.4, 0.5) is 0 Å². The van der Waals surface area contributed by atoms with E-state index in [1.54, 1.807) is 7.11 Å². The number of hydrogen-bond acceptors (Lipinski definition) is 2. The summed E-state index contributed by atoms with van der Waals surface area (Å²) in [6, 6.07) is 3.90. The number of aliphatic hydroxyl groups excluding tert-OH is 1. The minimum absolute atomic E-state index is 0.0719. The van der Waals surface area contributed by atoms with E-state index in [0.717, 1.165) is 22.4 Å². The van der Waals surface area contributed by atoms with Crippen LogP contribution < -0.4 is 4.74 Å². The number of rotatable bonds is 2. The van der Waals surface area contributed by atoms with Gasteiger partial charge in [0.1, 0.15) is 5.75 Å². The Balaban J connectivity index is 3.18. The van der Waals surface area contributed by atoms with Crippen LogP contribution in [0.25, 0.3) is 0 Å². The third-order valence-corrected chi connectivity index (χ3v) is 2.02. The van der Waals surface area contributed by atoms with Crippen molar-refractivity contribution in [2.24, 2.45) is 0 Å². The molecule has 1 aromatic rings. The summed E-state index contributed by atoms with van der Waals surface area (Å²) in [5.41, 5.74) is 3.14. The third kappa shape index (κ3) is 1.59. The van der Waals surface area contributed by atoms with Gasteiger partial charge in [0, 0.05) is 0 Å². The van der Waals surface area contributed by atoms with E-state index in [-0.39, 0.29) is 6.61 Å². The van der Waals surface area contributed by atoms with E-state index in [4.69, 9.17) is 9.84 Å². The van der Waals surface area contributed by atoms with Gasteiger partial charge in [0.25, 0.3) is 0 Å². The fourth-order valence-corrected chi connectivity index (χ4v) is 1.26. The molecule has 0 amide bonds. The quantitative estimate of drug-likeness (QED) is 0.726. The van der Waals surface area contributed by atoms with Crippen LogP contribution in [0.1, 0.15) is 16.7 Å². The zero-order valence-electron chi connectivity index (χ0n) is 7.72. The minimum atomic E-state index is 0.0719. The van der Waals surface area contributed by atoms with Crippen molar-refractivity contribution < 1.29 is 9.84 Å². The fourth-order valence-electron chi connectivity index (χ4n) is 1.26. The summed E-state index contributed by atoms with van der Waals surface area (Å²) in [5.74, 6) is 0.838. The van der Waals surface area contributed by atoms with Crippen molar-refractivity contribution in [1.82, 2.24) is 0 Å². The predicted molar refractivity (Wildman–Crippen MR) is 48.4 cm³/mol. The maximum atomic E-state index is 8.97.